The first-order valence-corrected chi connectivity index (χ1v) is 7.61. The minimum absolute atomic E-state index is 0.353. The van der Waals surface area contributed by atoms with Crippen molar-refractivity contribution in [2.45, 2.75) is 0 Å². The van der Waals surface area contributed by atoms with Gasteiger partial charge in [0.05, 0.1) is 17.3 Å². The summed E-state index contributed by atoms with van der Waals surface area (Å²) in [6.07, 6.45) is 0. The number of thiazole rings is 1. The normalized spacial score (nSPS) is 10.5. The number of methoxy groups -OCH3 is 1. The molecule has 2 amide bonds. The molecule has 22 heavy (non-hydrogen) atoms. The number of fused-ring (bicyclic) bond motifs is 1. The Morgan fingerprint density at radius 2 is 1.95 bits per heavy atom. The van der Waals surface area contributed by atoms with Crippen LogP contribution in [0.1, 0.15) is 0 Å². The van der Waals surface area contributed by atoms with Gasteiger partial charge in [-0.3, -0.25) is 5.32 Å². The Balaban J connectivity index is 1.72. The van der Waals surface area contributed by atoms with Crippen molar-refractivity contribution in [1.82, 2.24) is 4.98 Å². The molecule has 0 aliphatic heterocycles. The number of nitrogens with one attached hydrogen (secondary N) is 2. The van der Waals surface area contributed by atoms with Crippen molar-refractivity contribution in [1.29, 1.82) is 0 Å². The number of amides is 2. The van der Waals surface area contributed by atoms with Gasteiger partial charge in [0.25, 0.3) is 0 Å². The van der Waals surface area contributed by atoms with Crippen LogP contribution in [0.5, 0.6) is 5.75 Å². The predicted molar refractivity (Wildman–Crippen MR) is 90.3 cm³/mol. The summed E-state index contributed by atoms with van der Waals surface area (Å²) in [5.41, 5.74) is 1.44. The number of aromatic nitrogens is 1. The molecule has 7 heteroatoms. The Morgan fingerprint density at radius 3 is 2.68 bits per heavy atom. The van der Waals surface area contributed by atoms with E-state index >= 15 is 0 Å². The van der Waals surface area contributed by atoms with Crippen LogP contribution >= 0.6 is 22.9 Å². The number of carbonyl (C=O) groups excluding carboxylic acids is 1. The summed E-state index contributed by atoms with van der Waals surface area (Å²) in [6.45, 7) is 0. The molecule has 0 aliphatic carbocycles. The second-order valence-electron chi connectivity index (χ2n) is 4.44. The second-order valence-corrected chi connectivity index (χ2v) is 5.91. The molecule has 0 bridgehead atoms. The Kier molecular flexibility index (Phi) is 4.13. The molecule has 3 aromatic rings. The molecule has 1 aromatic heterocycles. The van der Waals surface area contributed by atoms with Crippen LogP contribution in [0.2, 0.25) is 5.02 Å². The zero-order chi connectivity index (χ0) is 15.5. The third-order valence-electron chi connectivity index (χ3n) is 2.92. The highest BCUT2D eigenvalue weighted by molar-refractivity contribution is 7.22. The Bertz CT molecular complexity index is 817. The van der Waals surface area contributed by atoms with Crippen molar-refractivity contribution < 1.29 is 9.53 Å². The molecule has 0 fully saturated rings. The van der Waals surface area contributed by atoms with Crippen molar-refractivity contribution in [2.75, 3.05) is 17.7 Å². The highest BCUT2D eigenvalue weighted by Crippen LogP contribution is 2.28. The molecule has 0 spiro atoms. The summed E-state index contributed by atoms with van der Waals surface area (Å²) in [4.78, 5) is 16.3. The van der Waals surface area contributed by atoms with E-state index in [9.17, 15) is 4.79 Å². The van der Waals surface area contributed by atoms with Gasteiger partial charge in [-0.05, 0) is 36.4 Å². The summed E-state index contributed by atoms with van der Waals surface area (Å²) in [7, 11) is 1.60. The number of anilines is 2. The average molecular weight is 334 g/mol. The lowest BCUT2D eigenvalue weighted by Crippen LogP contribution is -2.19. The van der Waals surface area contributed by atoms with E-state index in [2.05, 4.69) is 15.6 Å². The van der Waals surface area contributed by atoms with Crippen molar-refractivity contribution in [3.8, 4) is 5.75 Å². The molecule has 0 atom stereocenters. The topological polar surface area (TPSA) is 63.2 Å². The minimum Gasteiger partial charge on any atom is -0.497 e. The van der Waals surface area contributed by atoms with Gasteiger partial charge >= 0.3 is 6.03 Å². The van der Waals surface area contributed by atoms with E-state index < -0.39 is 0 Å². The molecule has 3 rings (SSSR count). The molecule has 0 radical (unpaired) electrons. The first-order valence-electron chi connectivity index (χ1n) is 6.42. The lowest BCUT2D eigenvalue weighted by atomic mass is 10.3. The lowest BCUT2D eigenvalue weighted by molar-refractivity contribution is 0.262. The fourth-order valence-corrected chi connectivity index (χ4v) is 2.85. The number of ether oxygens (including phenoxy) is 1. The van der Waals surface area contributed by atoms with Crippen LogP contribution in [0.4, 0.5) is 15.6 Å². The van der Waals surface area contributed by atoms with Crippen LogP contribution < -0.4 is 15.4 Å². The molecular formula is C15H12ClN3O2S. The number of nitrogens with zero attached hydrogens (tertiary/aromatic N) is 1. The summed E-state index contributed by atoms with van der Waals surface area (Å²) >= 11 is 7.20. The first kappa shape index (κ1) is 14.6. The molecule has 2 N–H and O–H groups in total. The van der Waals surface area contributed by atoms with E-state index in [4.69, 9.17) is 16.3 Å². The third kappa shape index (κ3) is 3.29. The number of halogens is 1. The predicted octanol–water partition coefficient (Wildman–Crippen LogP) is 4.60. The molecule has 2 aromatic carbocycles. The third-order valence-corrected chi connectivity index (χ3v) is 4.12. The van der Waals surface area contributed by atoms with E-state index in [1.54, 1.807) is 31.4 Å². The molecular weight excluding hydrogens is 322 g/mol. The summed E-state index contributed by atoms with van der Waals surface area (Å²) < 4.78 is 6.13. The Labute approximate surface area is 135 Å². The molecule has 0 saturated heterocycles. The van der Waals surface area contributed by atoms with Gasteiger partial charge in [-0.1, -0.05) is 22.9 Å². The van der Waals surface area contributed by atoms with Crippen LogP contribution in [0, 0.1) is 0 Å². The van der Waals surface area contributed by atoms with Gasteiger partial charge < -0.3 is 10.1 Å². The maximum Gasteiger partial charge on any atom is 0.325 e. The number of urea groups is 1. The van der Waals surface area contributed by atoms with Gasteiger partial charge in [-0.2, -0.15) is 0 Å². The van der Waals surface area contributed by atoms with Crippen LogP contribution in [0.3, 0.4) is 0 Å². The van der Waals surface area contributed by atoms with Crippen molar-refractivity contribution in [3.63, 3.8) is 0 Å². The average Bonchev–Trinajstić information content (AvgIpc) is 2.90. The quantitative estimate of drug-likeness (QED) is 0.736. The largest absolute Gasteiger partial charge is 0.497 e. The molecule has 112 valence electrons. The number of benzene rings is 2. The Hall–Kier alpha value is -2.31. The van der Waals surface area contributed by atoms with Gasteiger partial charge in [-0.25, -0.2) is 9.78 Å². The van der Waals surface area contributed by atoms with Crippen LogP contribution in [-0.2, 0) is 0 Å². The van der Waals surface area contributed by atoms with Crippen molar-refractivity contribution >= 4 is 50.0 Å². The van der Waals surface area contributed by atoms with E-state index in [0.717, 1.165) is 16.0 Å². The van der Waals surface area contributed by atoms with Gasteiger partial charge in [0.2, 0.25) is 0 Å². The minimum atomic E-state index is -0.353. The Morgan fingerprint density at radius 1 is 1.18 bits per heavy atom. The first-order chi connectivity index (χ1) is 10.6. The molecule has 5 nitrogen and oxygen atoms in total. The zero-order valence-corrected chi connectivity index (χ0v) is 13.2. The fourth-order valence-electron chi connectivity index (χ4n) is 1.88. The monoisotopic (exact) mass is 333 g/mol. The highest BCUT2D eigenvalue weighted by atomic mass is 35.5. The summed E-state index contributed by atoms with van der Waals surface area (Å²) in [6, 6.07) is 12.1. The second kappa shape index (κ2) is 6.21. The smallest absolute Gasteiger partial charge is 0.325 e. The molecule has 0 unspecified atom stereocenters. The number of hydrogen-bond acceptors (Lipinski definition) is 4. The molecule has 1 heterocycles. The SMILES string of the molecule is COc1ccc2sc(NC(=O)Nc3ccc(Cl)cc3)nc2c1. The van der Waals surface area contributed by atoms with E-state index in [1.165, 1.54) is 11.3 Å². The standard InChI is InChI=1S/C15H12ClN3O2S/c1-21-11-6-7-13-12(8-11)18-15(22-13)19-14(20)17-10-4-2-9(16)3-5-10/h2-8H,1H3,(H2,17,18,19,20). The van der Waals surface area contributed by atoms with E-state index in [-0.39, 0.29) is 6.03 Å². The van der Waals surface area contributed by atoms with Crippen LogP contribution in [0.15, 0.2) is 42.5 Å². The summed E-state index contributed by atoms with van der Waals surface area (Å²) in [5.74, 6) is 0.731. The zero-order valence-electron chi connectivity index (χ0n) is 11.6. The van der Waals surface area contributed by atoms with E-state index in [1.807, 2.05) is 18.2 Å². The van der Waals surface area contributed by atoms with Crippen molar-refractivity contribution in [3.05, 3.63) is 47.5 Å². The number of hydrogen-bond donors (Lipinski definition) is 2. The lowest BCUT2D eigenvalue weighted by Gasteiger charge is -2.04. The van der Waals surface area contributed by atoms with E-state index in [0.29, 0.717) is 15.8 Å². The van der Waals surface area contributed by atoms with Crippen molar-refractivity contribution in [2.24, 2.45) is 0 Å². The maximum absolute atomic E-state index is 12.0. The van der Waals surface area contributed by atoms with Crippen LogP contribution in [-0.4, -0.2) is 18.1 Å². The number of rotatable bonds is 3. The summed E-state index contributed by atoms with van der Waals surface area (Å²) in [5, 5.41) is 6.57. The van der Waals surface area contributed by atoms with Gasteiger partial charge in [0, 0.05) is 16.8 Å². The number of carbonyl (C=O) groups is 1. The molecule has 0 saturated carbocycles. The fraction of sp³-hybridized carbons (Fsp3) is 0.0667. The van der Waals surface area contributed by atoms with Gasteiger partial charge in [0.15, 0.2) is 5.13 Å². The van der Waals surface area contributed by atoms with Crippen LogP contribution in [0.25, 0.3) is 10.2 Å². The van der Waals surface area contributed by atoms with Gasteiger partial charge in [0.1, 0.15) is 5.75 Å². The van der Waals surface area contributed by atoms with Gasteiger partial charge in [-0.15, -0.1) is 0 Å². The highest BCUT2D eigenvalue weighted by Gasteiger charge is 2.08. The maximum atomic E-state index is 12.0. The molecule has 0 aliphatic rings.